The molecule has 0 spiro atoms. The lowest BCUT2D eigenvalue weighted by molar-refractivity contribution is -0.199. The van der Waals surface area contributed by atoms with Gasteiger partial charge in [0.15, 0.2) is 0 Å². The van der Waals surface area contributed by atoms with Crippen molar-refractivity contribution in [2.24, 2.45) is 17.3 Å². The Morgan fingerprint density at radius 1 is 1.26 bits per heavy atom. The lowest BCUT2D eigenvalue weighted by Crippen LogP contribution is -2.65. The van der Waals surface area contributed by atoms with Crippen LogP contribution in [0.3, 0.4) is 0 Å². The molecular formula is C26H37BN2O6. The number of likely N-dealkylation sites (tertiary alicyclic amines) is 1. The minimum atomic E-state index is -0.973. The summed E-state index contributed by atoms with van der Waals surface area (Å²) in [6.07, 6.45) is 2.63. The number of aryl methyl sites for hydroxylation is 1. The highest BCUT2D eigenvalue weighted by molar-refractivity contribution is 6.47. The Labute approximate surface area is 207 Å². The fraction of sp³-hybridized carbons (Fsp3) is 0.692. The molecule has 6 atom stereocenters. The zero-order valence-electron chi connectivity index (χ0n) is 21.2. The number of alkyl carbamates (subject to hydrolysis) is 1. The van der Waals surface area contributed by atoms with Gasteiger partial charge in [0.1, 0.15) is 6.61 Å². The molecule has 2 bridgehead atoms. The van der Waals surface area contributed by atoms with Gasteiger partial charge < -0.3 is 29.4 Å². The number of hydrogen-bond acceptors (Lipinski definition) is 5. The molecule has 9 heteroatoms. The predicted octanol–water partition coefficient (Wildman–Crippen LogP) is 4.04. The van der Waals surface area contributed by atoms with Crippen molar-refractivity contribution in [3.63, 3.8) is 0 Å². The molecule has 0 aromatic heterocycles. The third-order valence-electron chi connectivity index (χ3n) is 9.21. The Hall–Kier alpha value is -2.26. The van der Waals surface area contributed by atoms with Gasteiger partial charge in [-0.15, -0.1) is 0 Å². The van der Waals surface area contributed by atoms with Gasteiger partial charge in [-0.3, -0.25) is 0 Å². The number of nitrogens with one attached hydrogen (secondary N) is 1. The van der Waals surface area contributed by atoms with Crippen molar-refractivity contribution in [1.29, 1.82) is 0 Å². The first kappa shape index (κ1) is 24.4. The maximum absolute atomic E-state index is 12.8. The molecule has 0 unspecified atom stereocenters. The molecule has 2 aliphatic heterocycles. The van der Waals surface area contributed by atoms with E-state index in [1.54, 1.807) is 0 Å². The van der Waals surface area contributed by atoms with E-state index in [4.69, 9.17) is 14.0 Å². The number of ether oxygens (including phenoxy) is 1. The fourth-order valence-electron chi connectivity index (χ4n) is 6.89. The average Bonchev–Trinajstić information content (AvgIpc) is 3.42. The highest BCUT2D eigenvalue weighted by Crippen LogP contribution is 2.65. The van der Waals surface area contributed by atoms with Crippen LogP contribution >= 0.6 is 0 Å². The molecule has 8 nitrogen and oxygen atoms in total. The first-order valence-electron chi connectivity index (χ1n) is 12.9. The van der Waals surface area contributed by atoms with Gasteiger partial charge in [-0.25, -0.2) is 9.59 Å². The normalized spacial score (nSPS) is 33.6. The molecule has 2 N–H and O–H groups in total. The van der Waals surface area contributed by atoms with Crippen molar-refractivity contribution in [3.05, 3.63) is 35.4 Å². The Kier molecular flexibility index (Phi) is 6.28. The number of hydrogen-bond donors (Lipinski definition) is 2. The summed E-state index contributed by atoms with van der Waals surface area (Å²) in [6, 6.07) is 7.92. The van der Waals surface area contributed by atoms with Gasteiger partial charge in [-0.1, -0.05) is 43.7 Å². The second kappa shape index (κ2) is 9.00. The molecule has 0 radical (unpaired) electrons. The summed E-state index contributed by atoms with van der Waals surface area (Å²) in [6.45, 7) is 9.38. The van der Waals surface area contributed by atoms with Crippen molar-refractivity contribution < 1.29 is 28.7 Å². The summed E-state index contributed by atoms with van der Waals surface area (Å²) < 4.78 is 18.6. The topological polar surface area (TPSA) is 97.3 Å². The Bertz CT molecular complexity index is 971. The summed E-state index contributed by atoms with van der Waals surface area (Å²) in [5, 5.41) is 12.3. The average molecular weight is 484 g/mol. The molecule has 6 rings (SSSR count). The molecule has 2 heterocycles. The second-order valence-electron chi connectivity index (χ2n) is 11.6. The minimum absolute atomic E-state index is 0.0187. The van der Waals surface area contributed by atoms with Crippen LogP contribution in [0.5, 0.6) is 0 Å². The van der Waals surface area contributed by atoms with E-state index in [1.165, 1.54) is 10.5 Å². The Balaban J connectivity index is 1.28. The summed E-state index contributed by atoms with van der Waals surface area (Å²) in [5.41, 5.74) is 2.11. The summed E-state index contributed by atoms with van der Waals surface area (Å²) >= 11 is 0. The van der Waals surface area contributed by atoms with Crippen LogP contribution in [0.25, 0.3) is 0 Å². The maximum Gasteiger partial charge on any atom is 0.482 e. The zero-order chi connectivity index (χ0) is 25.0. The summed E-state index contributed by atoms with van der Waals surface area (Å²) in [7, 11) is -0.573. The zero-order valence-corrected chi connectivity index (χ0v) is 21.2. The van der Waals surface area contributed by atoms with Crippen molar-refractivity contribution in [2.45, 2.75) is 83.5 Å². The van der Waals surface area contributed by atoms with E-state index in [1.807, 2.05) is 6.92 Å². The number of nitrogens with zero attached hydrogens (tertiary/aromatic N) is 1. The molecule has 1 aromatic carbocycles. The van der Waals surface area contributed by atoms with Gasteiger partial charge in [-0.05, 0) is 68.8 Å². The van der Waals surface area contributed by atoms with Gasteiger partial charge in [0.05, 0.1) is 23.7 Å². The summed E-state index contributed by atoms with van der Waals surface area (Å²) in [5.74, 6) is 0.650. The maximum atomic E-state index is 12.8. The highest BCUT2D eigenvalue weighted by atomic mass is 16.7. The molecule has 35 heavy (non-hydrogen) atoms. The minimum Gasteiger partial charge on any atom is -0.465 e. The Morgan fingerprint density at radius 3 is 2.69 bits per heavy atom. The SMILES string of the molecule is Cc1ccc(C[C@H](NC(=O)OC[C@H]2CCCN2C(=O)O)B2O[C@@H]3C[C@@H]4C[C@@H](C4(C)C)[C@]3(C)O2)cc1. The highest BCUT2D eigenvalue weighted by Gasteiger charge is 2.68. The van der Waals surface area contributed by atoms with E-state index in [-0.39, 0.29) is 29.8 Å². The molecule has 5 fully saturated rings. The number of benzene rings is 1. The smallest absolute Gasteiger partial charge is 0.465 e. The molecule has 1 aromatic rings. The predicted molar refractivity (Wildman–Crippen MR) is 131 cm³/mol. The molecule has 2 saturated heterocycles. The van der Waals surface area contributed by atoms with Crippen LogP contribution in [-0.2, 0) is 20.5 Å². The van der Waals surface area contributed by atoms with Gasteiger partial charge >= 0.3 is 19.3 Å². The van der Waals surface area contributed by atoms with Gasteiger partial charge in [0.2, 0.25) is 0 Å². The first-order valence-corrected chi connectivity index (χ1v) is 12.9. The second-order valence-corrected chi connectivity index (χ2v) is 11.6. The molecule has 3 saturated carbocycles. The van der Waals surface area contributed by atoms with Crippen LogP contribution in [0.4, 0.5) is 9.59 Å². The number of rotatable bonds is 6. The van der Waals surface area contributed by atoms with E-state index in [0.717, 1.165) is 24.8 Å². The quantitative estimate of drug-likeness (QED) is 0.592. The molecular weight excluding hydrogens is 447 g/mol. The van der Waals surface area contributed by atoms with E-state index in [9.17, 15) is 14.7 Å². The number of amides is 2. The van der Waals surface area contributed by atoms with Crippen molar-refractivity contribution in [1.82, 2.24) is 10.2 Å². The van der Waals surface area contributed by atoms with E-state index >= 15 is 0 Å². The summed E-state index contributed by atoms with van der Waals surface area (Å²) in [4.78, 5) is 25.6. The standard InChI is InChI=1S/C26H37BN2O6/c1-16-7-9-17(10-8-16)12-22(28-23(30)33-15-19-6-5-11-29(19)24(31)32)27-34-21-14-18-13-20(25(18,2)3)26(21,4)35-27/h7-10,18-22H,5-6,11-15H2,1-4H3,(H,28,30)(H,31,32)/t18-,19+,20-,21+,22-,26-/m0/s1. The number of carbonyl (C=O) groups is 2. The molecule has 3 aliphatic carbocycles. The van der Waals surface area contributed by atoms with Crippen LogP contribution < -0.4 is 5.32 Å². The first-order chi connectivity index (χ1) is 16.6. The van der Waals surface area contributed by atoms with Gasteiger partial charge in [0, 0.05) is 6.54 Å². The molecule has 2 amide bonds. The number of carbonyl (C=O) groups excluding carboxylic acids is 1. The largest absolute Gasteiger partial charge is 0.482 e. The third kappa shape index (κ3) is 4.42. The van der Waals surface area contributed by atoms with Crippen LogP contribution in [0.2, 0.25) is 0 Å². The Morgan fingerprint density at radius 2 is 2.00 bits per heavy atom. The molecule has 190 valence electrons. The van der Waals surface area contributed by atoms with E-state index < -0.39 is 25.2 Å². The lowest BCUT2D eigenvalue weighted by atomic mass is 9.43. The van der Waals surface area contributed by atoms with Crippen LogP contribution in [0.15, 0.2) is 24.3 Å². The van der Waals surface area contributed by atoms with Crippen molar-refractivity contribution in [3.8, 4) is 0 Å². The monoisotopic (exact) mass is 484 g/mol. The van der Waals surface area contributed by atoms with Crippen LogP contribution in [0, 0.1) is 24.2 Å². The van der Waals surface area contributed by atoms with Crippen molar-refractivity contribution in [2.75, 3.05) is 13.2 Å². The van der Waals surface area contributed by atoms with Gasteiger partial charge in [-0.2, -0.15) is 0 Å². The van der Waals surface area contributed by atoms with Crippen LogP contribution in [0.1, 0.15) is 57.6 Å². The molecule has 5 aliphatic rings. The fourth-order valence-corrected chi connectivity index (χ4v) is 6.89. The van der Waals surface area contributed by atoms with E-state index in [0.29, 0.717) is 31.2 Å². The van der Waals surface area contributed by atoms with Gasteiger partial charge in [0.25, 0.3) is 0 Å². The van der Waals surface area contributed by atoms with Crippen LogP contribution in [-0.4, -0.2) is 66.2 Å². The van der Waals surface area contributed by atoms with E-state index in [2.05, 4.69) is 50.4 Å². The lowest BCUT2D eigenvalue weighted by Gasteiger charge is -2.64. The van der Waals surface area contributed by atoms with Crippen molar-refractivity contribution >= 4 is 19.3 Å². The third-order valence-corrected chi connectivity index (χ3v) is 9.21. The number of carboxylic acid groups (broad SMARTS) is 1.